The van der Waals surface area contributed by atoms with E-state index in [-0.39, 0.29) is 0 Å². The van der Waals surface area contributed by atoms with Crippen LogP contribution in [0.1, 0.15) is 24.4 Å². The van der Waals surface area contributed by atoms with Crippen molar-refractivity contribution in [2.24, 2.45) is 5.92 Å². The van der Waals surface area contributed by atoms with Crippen LogP contribution in [0.2, 0.25) is 0 Å². The first-order chi connectivity index (χ1) is 11.7. The number of pyridine rings is 1. The fraction of sp³-hybridized carbons (Fsp3) is 0.368. The maximum atomic E-state index is 11.7. The zero-order valence-corrected chi connectivity index (χ0v) is 13.5. The summed E-state index contributed by atoms with van der Waals surface area (Å²) in [5.74, 6) is 0.533. The van der Waals surface area contributed by atoms with E-state index in [0.29, 0.717) is 12.5 Å². The van der Waals surface area contributed by atoms with E-state index in [4.69, 9.17) is 4.74 Å². The average Bonchev–Trinajstić information content (AvgIpc) is 2.63. The van der Waals surface area contributed by atoms with Gasteiger partial charge < -0.3 is 9.84 Å². The Morgan fingerprint density at radius 1 is 1.21 bits per heavy atom. The fourth-order valence-electron chi connectivity index (χ4n) is 3.16. The molecular formula is C19H22N2O3. The molecule has 24 heavy (non-hydrogen) atoms. The van der Waals surface area contributed by atoms with Gasteiger partial charge in [0.1, 0.15) is 11.8 Å². The van der Waals surface area contributed by atoms with Crippen molar-refractivity contribution in [1.29, 1.82) is 0 Å². The summed E-state index contributed by atoms with van der Waals surface area (Å²) in [5.41, 5.74) is 0.740. The highest BCUT2D eigenvalue weighted by Crippen LogP contribution is 2.27. The first kappa shape index (κ1) is 16.5. The molecule has 2 aromatic rings. The predicted octanol–water partition coefficient (Wildman–Crippen LogP) is 3.00. The number of aromatic nitrogens is 1. The quantitative estimate of drug-likeness (QED) is 0.884. The summed E-state index contributed by atoms with van der Waals surface area (Å²) in [6.07, 6.45) is 5.19. The minimum Gasteiger partial charge on any atom is -0.493 e. The van der Waals surface area contributed by atoms with Crippen molar-refractivity contribution in [1.82, 2.24) is 9.88 Å². The van der Waals surface area contributed by atoms with Crippen LogP contribution in [0.3, 0.4) is 0 Å². The maximum Gasteiger partial charge on any atom is 0.325 e. The van der Waals surface area contributed by atoms with Crippen LogP contribution < -0.4 is 4.74 Å². The molecule has 0 bridgehead atoms. The van der Waals surface area contributed by atoms with E-state index in [0.717, 1.165) is 37.2 Å². The van der Waals surface area contributed by atoms with Crippen LogP contribution in [0.15, 0.2) is 54.9 Å². The summed E-state index contributed by atoms with van der Waals surface area (Å²) < 4.78 is 5.83. The van der Waals surface area contributed by atoms with E-state index < -0.39 is 12.0 Å². The molecule has 0 amide bonds. The van der Waals surface area contributed by atoms with Gasteiger partial charge in [-0.25, -0.2) is 0 Å². The van der Waals surface area contributed by atoms with E-state index in [1.54, 1.807) is 18.5 Å². The third-order valence-corrected chi connectivity index (χ3v) is 4.48. The molecule has 5 nitrogen and oxygen atoms in total. The van der Waals surface area contributed by atoms with Gasteiger partial charge in [0.15, 0.2) is 0 Å². The molecule has 1 aliphatic heterocycles. The molecule has 126 valence electrons. The lowest BCUT2D eigenvalue weighted by atomic mass is 9.95. The Hall–Kier alpha value is -2.40. The lowest BCUT2D eigenvalue weighted by molar-refractivity contribution is -0.144. The summed E-state index contributed by atoms with van der Waals surface area (Å²) in [7, 11) is 0. The molecule has 1 fully saturated rings. The minimum absolute atomic E-state index is 0.463. The molecule has 5 heteroatoms. The molecular weight excluding hydrogens is 304 g/mol. The van der Waals surface area contributed by atoms with Crippen molar-refractivity contribution in [3.63, 3.8) is 0 Å². The Morgan fingerprint density at radius 3 is 2.58 bits per heavy atom. The molecule has 2 heterocycles. The Bertz CT molecular complexity index is 640. The van der Waals surface area contributed by atoms with Crippen molar-refractivity contribution in [2.45, 2.75) is 18.9 Å². The lowest BCUT2D eigenvalue weighted by Crippen LogP contribution is -2.41. The van der Waals surface area contributed by atoms with Gasteiger partial charge in [-0.3, -0.25) is 14.7 Å². The number of aliphatic carboxylic acids is 1. The van der Waals surface area contributed by atoms with E-state index in [2.05, 4.69) is 4.98 Å². The topological polar surface area (TPSA) is 62.7 Å². The first-order valence-corrected chi connectivity index (χ1v) is 8.28. The molecule has 1 aromatic carbocycles. The number of carboxylic acids is 1. The van der Waals surface area contributed by atoms with E-state index in [9.17, 15) is 9.90 Å². The van der Waals surface area contributed by atoms with Crippen molar-refractivity contribution in [3.05, 3.63) is 60.4 Å². The van der Waals surface area contributed by atoms with Crippen LogP contribution in [0.5, 0.6) is 5.75 Å². The highest BCUT2D eigenvalue weighted by Gasteiger charge is 2.31. The molecule has 1 atom stereocenters. The number of benzene rings is 1. The number of carboxylic acid groups (broad SMARTS) is 1. The highest BCUT2D eigenvalue weighted by molar-refractivity contribution is 5.75. The van der Waals surface area contributed by atoms with Crippen LogP contribution >= 0.6 is 0 Å². The largest absolute Gasteiger partial charge is 0.493 e. The van der Waals surface area contributed by atoms with Gasteiger partial charge in [0.05, 0.1) is 6.61 Å². The summed E-state index contributed by atoms with van der Waals surface area (Å²) >= 11 is 0. The fourth-order valence-corrected chi connectivity index (χ4v) is 3.16. The van der Waals surface area contributed by atoms with Gasteiger partial charge in [0, 0.05) is 12.4 Å². The van der Waals surface area contributed by atoms with Gasteiger partial charge >= 0.3 is 5.97 Å². The third kappa shape index (κ3) is 4.11. The Labute approximate surface area is 141 Å². The Kier molecular flexibility index (Phi) is 5.43. The zero-order chi connectivity index (χ0) is 16.8. The third-order valence-electron chi connectivity index (χ3n) is 4.48. The van der Waals surface area contributed by atoms with Crippen molar-refractivity contribution < 1.29 is 14.6 Å². The number of carbonyl (C=O) groups is 1. The Morgan fingerprint density at radius 2 is 1.96 bits per heavy atom. The zero-order valence-electron chi connectivity index (χ0n) is 13.5. The van der Waals surface area contributed by atoms with Gasteiger partial charge in [-0.05, 0) is 55.6 Å². The maximum absolute atomic E-state index is 11.7. The molecule has 0 radical (unpaired) electrons. The van der Waals surface area contributed by atoms with Gasteiger partial charge in [0.2, 0.25) is 0 Å². The smallest absolute Gasteiger partial charge is 0.325 e. The second-order valence-electron chi connectivity index (χ2n) is 6.13. The highest BCUT2D eigenvalue weighted by atomic mass is 16.5. The monoisotopic (exact) mass is 326 g/mol. The minimum atomic E-state index is -0.818. The molecule has 1 saturated heterocycles. The number of hydrogen-bond acceptors (Lipinski definition) is 4. The average molecular weight is 326 g/mol. The van der Waals surface area contributed by atoms with Crippen LogP contribution in [0, 0.1) is 5.92 Å². The molecule has 1 aromatic heterocycles. The summed E-state index contributed by atoms with van der Waals surface area (Å²) in [5, 5.41) is 9.60. The molecule has 0 spiro atoms. The number of likely N-dealkylation sites (tertiary alicyclic amines) is 1. The molecule has 0 saturated carbocycles. The van der Waals surface area contributed by atoms with Crippen molar-refractivity contribution in [3.8, 4) is 5.75 Å². The number of para-hydroxylation sites is 1. The number of nitrogens with zero attached hydrogens (tertiary/aromatic N) is 2. The van der Waals surface area contributed by atoms with E-state index in [1.165, 1.54) is 0 Å². The standard InChI is InChI=1S/C19H22N2O3/c22-19(23)18(16-5-4-10-20-13-16)21-11-8-15(9-12-21)14-24-17-6-2-1-3-7-17/h1-7,10,13,15,18H,8-9,11-12,14H2,(H,22,23). The molecule has 1 N–H and O–H groups in total. The van der Waals surface area contributed by atoms with E-state index >= 15 is 0 Å². The molecule has 1 aliphatic rings. The number of ether oxygens (including phenoxy) is 1. The van der Waals surface area contributed by atoms with Crippen molar-refractivity contribution in [2.75, 3.05) is 19.7 Å². The first-order valence-electron chi connectivity index (χ1n) is 8.28. The summed E-state index contributed by atoms with van der Waals surface area (Å²) in [6, 6.07) is 12.8. The van der Waals surface area contributed by atoms with Gasteiger partial charge in [-0.15, -0.1) is 0 Å². The second kappa shape index (κ2) is 7.93. The second-order valence-corrected chi connectivity index (χ2v) is 6.13. The van der Waals surface area contributed by atoms with Crippen LogP contribution in [0.4, 0.5) is 0 Å². The van der Waals surface area contributed by atoms with Crippen LogP contribution in [-0.4, -0.2) is 40.7 Å². The molecule has 0 aliphatic carbocycles. The van der Waals surface area contributed by atoms with Crippen LogP contribution in [-0.2, 0) is 4.79 Å². The lowest BCUT2D eigenvalue weighted by Gasteiger charge is -2.35. The summed E-state index contributed by atoms with van der Waals surface area (Å²) in [4.78, 5) is 17.8. The Balaban J connectivity index is 1.54. The SMILES string of the molecule is O=C(O)C(c1cccnc1)N1CCC(COc2ccccc2)CC1. The number of piperidine rings is 1. The van der Waals surface area contributed by atoms with Crippen LogP contribution in [0.25, 0.3) is 0 Å². The normalized spacial score (nSPS) is 17.3. The number of rotatable bonds is 6. The molecule has 3 rings (SSSR count). The van der Waals surface area contributed by atoms with Gasteiger partial charge in [-0.1, -0.05) is 24.3 Å². The van der Waals surface area contributed by atoms with Crippen molar-refractivity contribution >= 4 is 5.97 Å². The summed E-state index contributed by atoms with van der Waals surface area (Å²) in [6.45, 7) is 2.20. The predicted molar refractivity (Wildman–Crippen MR) is 90.8 cm³/mol. The number of hydrogen-bond donors (Lipinski definition) is 1. The van der Waals surface area contributed by atoms with E-state index in [1.807, 2.05) is 41.3 Å². The molecule has 1 unspecified atom stereocenters. The van der Waals surface area contributed by atoms with Gasteiger partial charge in [-0.2, -0.15) is 0 Å². The van der Waals surface area contributed by atoms with Gasteiger partial charge in [0.25, 0.3) is 0 Å².